The summed E-state index contributed by atoms with van der Waals surface area (Å²) in [7, 11) is 1.57. The Hall–Kier alpha value is -2.25. The van der Waals surface area contributed by atoms with Crippen LogP contribution in [0.5, 0.6) is 11.5 Å². The number of thioether (sulfide) groups is 1. The topological polar surface area (TPSA) is 55.8 Å². The van der Waals surface area contributed by atoms with Crippen LogP contribution in [0.1, 0.15) is 31.4 Å². The normalized spacial score (nSPS) is 16.4. The van der Waals surface area contributed by atoms with Gasteiger partial charge in [-0.25, -0.2) is 0 Å². The average molecular weight is 476 g/mol. The van der Waals surface area contributed by atoms with Crippen LogP contribution in [0.4, 0.5) is 4.79 Å². The van der Waals surface area contributed by atoms with Crippen molar-refractivity contribution in [3.63, 3.8) is 0 Å². The zero-order chi connectivity index (χ0) is 21.0. The van der Waals surface area contributed by atoms with Gasteiger partial charge >= 0.3 is 0 Å². The molecule has 1 atom stereocenters. The molecule has 3 rings (SSSR count). The number of hydrogen-bond acceptors (Lipinski definition) is 5. The summed E-state index contributed by atoms with van der Waals surface area (Å²) < 4.78 is 12.1. The highest BCUT2D eigenvalue weighted by Gasteiger charge is 2.37. The second kappa shape index (κ2) is 9.50. The Labute approximate surface area is 183 Å². The first-order chi connectivity index (χ1) is 13.9. The molecule has 1 aliphatic rings. The Morgan fingerprint density at radius 2 is 1.90 bits per heavy atom. The van der Waals surface area contributed by atoms with Gasteiger partial charge in [-0.2, -0.15) is 0 Å². The fourth-order valence-electron chi connectivity index (χ4n) is 2.85. The number of nitrogens with zero attached hydrogens (tertiary/aromatic N) is 1. The Balaban J connectivity index is 1.84. The number of benzene rings is 2. The first-order valence-corrected chi connectivity index (χ1v) is 10.9. The van der Waals surface area contributed by atoms with Gasteiger partial charge in [0.2, 0.25) is 0 Å². The molecular weight excluding hydrogens is 454 g/mol. The van der Waals surface area contributed by atoms with Crippen LogP contribution in [0.15, 0.2) is 51.8 Å². The summed E-state index contributed by atoms with van der Waals surface area (Å²) in [5, 5.41) is -0.235. The predicted molar refractivity (Wildman–Crippen MR) is 119 cm³/mol. The van der Waals surface area contributed by atoms with Crippen molar-refractivity contribution in [1.29, 1.82) is 0 Å². The fraction of sp³-hybridized carbons (Fsp3) is 0.273. The molecule has 0 N–H and O–H groups in total. The van der Waals surface area contributed by atoms with Crippen molar-refractivity contribution in [1.82, 2.24) is 4.90 Å². The molecule has 0 spiro atoms. The molecule has 0 saturated carbocycles. The molecule has 5 nitrogen and oxygen atoms in total. The van der Waals surface area contributed by atoms with Gasteiger partial charge in [0.05, 0.1) is 12.0 Å². The van der Waals surface area contributed by atoms with Gasteiger partial charge in [0, 0.05) is 10.5 Å². The number of carbonyl (C=O) groups is 2. The summed E-state index contributed by atoms with van der Waals surface area (Å²) >= 11 is 4.50. The minimum absolute atomic E-state index is 0.125. The Morgan fingerprint density at radius 1 is 1.17 bits per heavy atom. The van der Waals surface area contributed by atoms with E-state index in [0.717, 1.165) is 33.8 Å². The maximum absolute atomic E-state index is 12.7. The van der Waals surface area contributed by atoms with E-state index in [0.29, 0.717) is 23.0 Å². The molecule has 1 saturated heterocycles. The maximum atomic E-state index is 12.7. The smallest absolute Gasteiger partial charge is 0.293 e. The van der Waals surface area contributed by atoms with E-state index in [-0.39, 0.29) is 17.2 Å². The van der Waals surface area contributed by atoms with Gasteiger partial charge in [-0.3, -0.25) is 14.5 Å². The Bertz CT molecular complexity index is 945. The van der Waals surface area contributed by atoms with Gasteiger partial charge in [-0.05, 0) is 54.4 Å². The molecule has 1 aliphatic heterocycles. The number of imide groups is 1. The SMILES string of the molecule is CC[C@@H](C)N1C(=O)S/C(=C/c2cc(OC)c(OCc3ccccc3)cc2Br)C1=O. The minimum atomic E-state index is -0.260. The van der Waals surface area contributed by atoms with Crippen LogP contribution >= 0.6 is 27.7 Å². The van der Waals surface area contributed by atoms with Crippen LogP contribution in [-0.4, -0.2) is 29.2 Å². The van der Waals surface area contributed by atoms with Crippen LogP contribution in [0.2, 0.25) is 0 Å². The van der Waals surface area contributed by atoms with Crippen LogP contribution in [-0.2, 0) is 11.4 Å². The van der Waals surface area contributed by atoms with Crippen molar-refractivity contribution in [2.45, 2.75) is 32.9 Å². The van der Waals surface area contributed by atoms with Crippen molar-refractivity contribution in [2.75, 3.05) is 7.11 Å². The van der Waals surface area contributed by atoms with Crippen LogP contribution in [0, 0.1) is 0 Å². The summed E-state index contributed by atoms with van der Waals surface area (Å²) in [4.78, 5) is 26.6. The highest BCUT2D eigenvalue weighted by Crippen LogP contribution is 2.39. The standard InChI is InChI=1S/C22H22BrNO4S/c1-4-14(2)24-21(25)20(29-22(24)26)11-16-10-18(27-3)19(12-17(16)23)28-13-15-8-6-5-7-9-15/h5-12,14H,4,13H2,1-3H3/b20-11+/t14-/m1/s1. The number of methoxy groups -OCH3 is 1. The summed E-state index contributed by atoms with van der Waals surface area (Å²) in [5.74, 6) is 0.884. The first kappa shape index (κ1) is 21.5. The predicted octanol–water partition coefficient (Wildman–Crippen LogP) is 5.87. The molecular formula is C22H22BrNO4S. The zero-order valence-electron chi connectivity index (χ0n) is 16.5. The molecule has 1 heterocycles. The fourth-order valence-corrected chi connectivity index (χ4v) is 4.21. The van der Waals surface area contributed by atoms with Crippen molar-refractivity contribution < 1.29 is 19.1 Å². The number of carbonyl (C=O) groups excluding carboxylic acids is 2. The highest BCUT2D eigenvalue weighted by atomic mass is 79.9. The molecule has 2 aromatic rings. The third kappa shape index (κ3) is 4.85. The molecule has 0 aromatic heterocycles. The van der Waals surface area contributed by atoms with E-state index in [4.69, 9.17) is 9.47 Å². The number of halogens is 1. The van der Waals surface area contributed by atoms with Crippen molar-refractivity contribution in [3.8, 4) is 11.5 Å². The number of rotatable bonds is 7. The lowest BCUT2D eigenvalue weighted by molar-refractivity contribution is -0.124. The van der Waals surface area contributed by atoms with Gasteiger partial charge in [0.15, 0.2) is 11.5 Å². The molecule has 2 aromatic carbocycles. The second-order valence-electron chi connectivity index (χ2n) is 6.61. The monoisotopic (exact) mass is 475 g/mol. The van der Waals surface area contributed by atoms with E-state index < -0.39 is 0 Å². The lowest BCUT2D eigenvalue weighted by Gasteiger charge is -2.19. The summed E-state index contributed by atoms with van der Waals surface area (Å²) in [6.45, 7) is 4.24. The van der Waals surface area contributed by atoms with E-state index in [1.54, 1.807) is 19.3 Å². The average Bonchev–Trinajstić information content (AvgIpc) is 3.01. The quantitative estimate of drug-likeness (QED) is 0.468. The molecule has 2 amide bonds. The zero-order valence-corrected chi connectivity index (χ0v) is 18.9. The highest BCUT2D eigenvalue weighted by molar-refractivity contribution is 9.10. The van der Waals surface area contributed by atoms with Crippen LogP contribution in [0.3, 0.4) is 0 Å². The van der Waals surface area contributed by atoms with E-state index in [2.05, 4.69) is 15.9 Å². The van der Waals surface area contributed by atoms with Gasteiger partial charge < -0.3 is 9.47 Å². The van der Waals surface area contributed by atoms with Gasteiger partial charge in [0.25, 0.3) is 11.1 Å². The van der Waals surface area contributed by atoms with Crippen molar-refractivity contribution >= 4 is 44.9 Å². The van der Waals surface area contributed by atoms with Gasteiger partial charge in [0.1, 0.15) is 6.61 Å². The number of amides is 2. The second-order valence-corrected chi connectivity index (χ2v) is 8.46. The van der Waals surface area contributed by atoms with E-state index >= 15 is 0 Å². The Kier molecular flexibility index (Phi) is 7.03. The molecule has 0 aliphatic carbocycles. The summed E-state index contributed by atoms with van der Waals surface area (Å²) in [5.41, 5.74) is 1.79. The molecule has 152 valence electrons. The van der Waals surface area contributed by atoms with Gasteiger partial charge in [-0.15, -0.1) is 0 Å². The maximum Gasteiger partial charge on any atom is 0.293 e. The van der Waals surface area contributed by atoms with E-state index in [1.165, 1.54) is 4.90 Å². The third-order valence-corrected chi connectivity index (χ3v) is 6.23. The van der Waals surface area contributed by atoms with E-state index in [1.807, 2.05) is 50.2 Å². The minimum Gasteiger partial charge on any atom is -0.493 e. The third-order valence-electron chi connectivity index (χ3n) is 4.66. The molecule has 1 fully saturated rings. The van der Waals surface area contributed by atoms with E-state index in [9.17, 15) is 9.59 Å². The van der Waals surface area contributed by atoms with Crippen LogP contribution < -0.4 is 9.47 Å². The molecule has 0 bridgehead atoms. The van der Waals surface area contributed by atoms with Crippen molar-refractivity contribution in [3.05, 3.63) is 63.0 Å². The van der Waals surface area contributed by atoms with Gasteiger partial charge in [-0.1, -0.05) is 53.2 Å². The summed E-state index contributed by atoms with van der Waals surface area (Å²) in [6, 6.07) is 13.3. The van der Waals surface area contributed by atoms with Crippen LogP contribution in [0.25, 0.3) is 6.08 Å². The number of hydrogen-bond donors (Lipinski definition) is 0. The number of ether oxygens (including phenoxy) is 2. The Morgan fingerprint density at radius 3 is 2.55 bits per heavy atom. The molecule has 0 radical (unpaired) electrons. The summed E-state index contributed by atoms with van der Waals surface area (Å²) in [6.07, 6.45) is 2.43. The van der Waals surface area contributed by atoms with Crippen molar-refractivity contribution in [2.24, 2.45) is 0 Å². The lowest BCUT2D eigenvalue weighted by Crippen LogP contribution is -2.36. The molecule has 7 heteroatoms. The molecule has 0 unspecified atom stereocenters. The molecule has 29 heavy (non-hydrogen) atoms. The first-order valence-electron chi connectivity index (χ1n) is 9.26. The largest absolute Gasteiger partial charge is 0.493 e. The lowest BCUT2D eigenvalue weighted by atomic mass is 10.1.